The van der Waals surface area contributed by atoms with Crippen LogP contribution in [0, 0.1) is 0 Å². The fourth-order valence-electron chi connectivity index (χ4n) is 1.51. The maximum atomic E-state index is 11.3. The van der Waals surface area contributed by atoms with Gasteiger partial charge in [-0.3, -0.25) is 0 Å². The molecular weight excluding hydrogens is 224 g/mol. The maximum absolute atomic E-state index is 11.3. The van der Waals surface area contributed by atoms with Gasteiger partial charge in [-0.2, -0.15) is 0 Å². The van der Waals surface area contributed by atoms with Crippen molar-refractivity contribution < 1.29 is 14.6 Å². The smallest absolute Gasteiger partial charge is 0.337 e. The van der Waals surface area contributed by atoms with Crippen molar-refractivity contribution in [2.45, 2.75) is 13.0 Å². The zero-order valence-electron chi connectivity index (χ0n) is 9.06. The summed E-state index contributed by atoms with van der Waals surface area (Å²) >= 11 is 1.53. The highest BCUT2D eigenvalue weighted by atomic mass is 32.1. The highest BCUT2D eigenvalue weighted by molar-refractivity contribution is 7.19. The lowest BCUT2D eigenvalue weighted by molar-refractivity contribution is 0.0601. The monoisotopic (exact) mass is 236 g/mol. The molecule has 0 amide bonds. The van der Waals surface area contributed by atoms with Gasteiger partial charge in [0.2, 0.25) is 0 Å². The van der Waals surface area contributed by atoms with E-state index in [1.807, 2.05) is 12.1 Å². The fraction of sp³-hybridized carbons (Fsp3) is 0.250. The van der Waals surface area contributed by atoms with Crippen molar-refractivity contribution in [3.8, 4) is 0 Å². The lowest BCUT2D eigenvalue weighted by Crippen LogP contribution is -1.99. The number of fused-ring (bicyclic) bond motifs is 1. The lowest BCUT2D eigenvalue weighted by atomic mass is 10.1. The first kappa shape index (κ1) is 11.1. The second-order valence-electron chi connectivity index (χ2n) is 3.57. The third-order valence-corrected chi connectivity index (χ3v) is 3.65. The van der Waals surface area contributed by atoms with Crippen LogP contribution in [0.4, 0.5) is 0 Å². The molecule has 0 saturated heterocycles. The Morgan fingerprint density at radius 3 is 2.81 bits per heavy atom. The number of carbonyl (C=O) groups excluding carboxylic acids is 1. The number of ether oxygens (including phenoxy) is 1. The molecule has 3 nitrogen and oxygen atoms in total. The molecule has 1 atom stereocenters. The standard InChI is InChI=1S/C12H12O3S/c1-7(13)11-6-9-5-8(12(14)15-2)3-4-10(9)16-11/h3-7,13H,1-2H3/t7-/m1/s1. The highest BCUT2D eigenvalue weighted by Gasteiger charge is 2.10. The van der Waals surface area contributed by atoms with Gasteiger partial charge in [0.25, 0.3) is 0 Å². The number of hydrogen-bond acceptors (Lipinski definition) is 4. The highest BCUT2D eigenvalue weighted by Crippen LogP contribution is 2.30. The Balaban J connectivity index is 2.49. The molecule has 84 valence electrons. The van der Waals surface area contributed by atoms with Crippen LogP contribution >= 0.6 is 11.3 Å². The summed E-state index contributed by atoms with van der Waals surface area (Å²) in [6.07, 6.45) is -0.473. The average molecular weight is 236 g/mol. The van der Waals surface area contributed by atoms with Gasteiger partial charge in [-0.25, -0.2) is 4.79 Å². The molecule has 4 heteroatoms. The minimum atomic E-state index is -0.473. The number of thiophene rings is 1. The first-order valence-electron chi connectivity index (χ1n) is 4.91. The topological polar surface area (TPSA) is 46.5 Å². The van der Waals surface area contributed by atoms with E-state index in [0.717, 1.165) is 15.0 Å². The molecule has 16 heavy (non-hydrogen) atoms. The average Bonchev–Trinajstić information content (AvgIpc) is 2.70. The summed E-state index contributed by atoms with van der Waals surface area (Å²) in [7, 11) is 1.36. The van der Waals surface area contributed by atoms with Crippen molar-refractivity contribution in [1.82, 2.24) is 0 Å². The number of benzene rings is 1. The van der Waals surface area contributed by atoms with Crippen LogP contribution in [-0.2, 0) is 4.74 Å². The Labute approximate surface area is 97.3 Å². The van der Waals surface area contributed by atoms with Gasteiger partial charge in [0.15, 0.2) is 0 Å². The number of methoxy groups -OCH3 is 1. The Kier molecular flexibility index (Phi) is 2.94. The first-order chi connectivity index (χ1) is 7.61. The van der Waals surface area contributed by atoms with Crippen LogP contribution in [0.1, 0.15) is 28.3 Å². The van der Waals surface area contributed by atoms with E-state index in [1.54, 1.807) is 19.1 Å². The molecular formula is C12H12O3S. The summed E-state index contributed by atoms with van der Waals surface area (Å²) in [4.78, 5) is 12.2. The van der Waals surface area contributed by atoms with Crippen molar-refractivity contribution in [1.29, 1.82) is 0 Å². The van der Waals surface area contributed by atoms with E-state index in [-0.39, 0.29) is 5.97 Å². The summed E-state index contributed by atoms with van der Waals surface area (Å²) in [6.45, 7) is 1.73. The van der Waals surface area contributed by atoms with E-state index >= 15 is 0 Å². The van der Waals surface area contributed by atoms with Crippen LogP contribution in [0.2, 0.25) is 0 Å². The Bertz CT molecular complexity index is 528. The number of aliphatic hydroxyl groups excluding tert-OH is 1. The SMILES string of the molecule is COC(=O)c1ccc2sc([C@@H](C)O)cc2c1. The molecule has 2 rings (SSSR count). The number of esters is 1. The van der Waals surface area contributed by atoms with Gasteiger partial charge in [0.05, 0.1) is 18.8 Å². The molecule has 0 fully saturated rings. The molecule has 0 aliphatic heterocycles. The molecule has 0 unspecified atom stereocenters. The predicted octanol–water partition coefficient (Wildman–Crippen LogP) is 2.74. The van der Waals surface area contributed by atoms with Crippen molar-refractivity contribution in [2.75, 3.05) is 7.11 Å². The molecule has 0 saturated carbocycles. The molecule has 2 aromatic rings. The van der Waals surface area contributed by atoms with Crippen LogP contribution in [0.5, 0.6) is 0 Å². The molecule has 1 N–H and O–H groups in total. The van der Waals surface area contributed by atoms with Gasteiger partial charge < -0.3 is 9.84 Å². The molecule has 0 bridgehead atoms. The van der Waals surface area contributed by atoms with Gasteiger partial charge in [-0.05, 0) is 36.6 Å². The minimum Gasteiger partial charge on any atom is -0.465 e. The summed E-state index contributed by atoms with van der Waals surface area (Å²) in [5.74, 6) is -0.341. The summed E-state index contributed by atoms with van der Waals surface area (Å²) in [6, 6.07) is 7.29. The number of carbonyl (C=O) groups is 1. The molecule has 1 heterocycles. The van der Waals surface area contributed by atoms with Gasteiger partial charge >= 0.3 is 5.97 Å². The zero-order chi connectivity index (χ0) is 11.7. The molecule has 1 aromatic heterocycles. The Morgan fingerprint density at radius 1 is 1.44 bits per heavy atom. The minimum absolute atomic E-state index is 0.341. The summed E-state index contributed by atoms with van der Waals surface area (Å²) in [5.41, 5.74) is 0.532. The van der Waals surface area contributed by atoms with E-state index < -0.39 is 6.10 Å². The van der Waals surface area contributed by atoms with E-state index in [2.05, 4.69) is 4.74 Å². The number of aliphatic hydroxyl groups is 1. The first-order valence-corrected chi connectivity index (χ1v) is 5.73. The second kappa shape index (κ2) is 4.23. The van der Waals surface area contributed by atoms with Gasteiger partial charge in [-0.15, -0.1) is 11.3 Å². The third-order valence-electron chi connectivity index (χ3n) is 2.37. The van der Waals surface area contributed by atoms with Crippen molar-refractivity contribution in [3.63, 3.8) is 0 Å². The van der Waals surface area contributed by atoms with Crippen LogP contribution in [-0.4, -0.2) is 18.2 Å². The summed E-state index contributed by atoms with van der Waals surface area (Å²) < 4.78 is 5.71. The van der Waals surface area contributed by atoms with E-state index in [1.165, 1.54) is 18.4 Å². The van der Waals surface area contributed by atoms with Crippen molar-refractivity contribution in [2.24, 2.45) is 0 Å². The van der Waals surface area contributed by atoms with Crippen LogP contribution in [0.25, 0.3) is 10.1 Å². The fourth-order valence-corrected chi connectivity index (χ4v) is 2.50. The largest absolute Gasteiger partial charge is 0.465 e. The number of rotatable bonds is 2. The lowest BCUT2D eigenvalue weighted by Gasteiger charge is -1.97. The van der Waals surface area contributed by atoms with Crippen molar-refractivity contribution >= 4 is 27.4 Å². The predicted molar refractivity (Wildman–Crippen MR) is 63.8 cm³/mol. The van der Waals surface area contributed by atoms with E-state index in [9.17, 15) is 9.90 Å². The zero-order valence-corrected chi connectivity index (χ0v) is 9.88. The second-order valence-corrected chi connectivity index (χ2v) is 4.68. The van der Waals surface area contributed by atoms with Crippen LogP contribution < -0.4 is 0 Å². The van der Waals surface area contributed by atoms with Crippen LogP contribution in [0.15, 0.2) is 24.3 Å². The van der Waals surface area contributed by atoms with Crippen LogP contribution in [0.3, 0.4) is 0 Å². The van der Waals surface area contributed by atoms with Gasteiger partial charge in [0, 0.05) is 9.58 Å². The quantitative estimate of drug-likeness (QED) is 0.815. The molecule has 0 aliphatic carbocycles. The van der Waals surface area contributed by atoms with Crippen molar-refractivity contribution in [3.05, 3.63) is 34.7 Å². The van der Waals surface area contributed by atoms with Gasteiger partial charge in [-0.1, -0.05) is 0 Å². The molecule has 0 aliphatic rings. The number of hydrogen-bond donors (Lipinski definition) is 1. The van der Waals surface area contributed by atoms with E-state index in [0.29, 0.717) is 5.56 Å². The van der Waals surface area contributed by atoms with E-state index in [4.69, 9.17) is 0 Å². The maximum Gasteiger partial charge on any atom is 0.337 e. The Hall–Kier alpha value is -1.39. The molecule has 0 spiro atoms. The van der Waals surface area contributed by atoms with Gasteiger partial charge in [0.1, 0.15) is 0 Å². The normalized spacial score (nSPS) is 12.7. The molecule has 1 aromatic carbocycles. The molecule has 0 radical (unpaired) electrons. The Morgan fingerprint density at radius 2 is 2.19 bits per heavy atom. The summed E-state index contributed by atoms with van der Waals surface area (Å²) in [5, 5.41) is 10.4. The third kappa shape index (κ3) is 1.94.